The molecular weight excluding hydrogens is 410 g/mol. The second kappa shape index (κ2) is 7.85. The third-order valence-electron chi connectivity index (χ3n) is 4.39. The Morgan fingerprint density at radius 2 is 1.10 bits per heavy atom. The normalized spacial score (nSPS) is 12.1. The van der Waals surface area contributed by atoms with Gasteiger partial charge in [0, 0.05) is 0 Å². The van der Waals surface area contributed by atoms with Gasteiger partial charge in [-0.3, -0.25) is 4.79 Å². The highest BCUT2D eigenvalue weighted by atomic mass is 19.4. The van der Waals surface area contributed by atoms with Crippen LogP contribution in [0, 0.1) is 0 Å². The van der Waals surface area contributed by atoms with Crippen molar-refractivity contribution in [1.29, 1.82) is 0 Å². The van der Waals surface area contributed by atoms with Crippen LogP contribution in [0.15, 0.2) is 66.7 Å². The minimum atomic E-state index is -4.57. The van der Waals surface area contributed by atoms with Gasteiger partial charge in [-0.15, -0.1) is 0 Å². The summed E-state index contributed by atoms with van der Waals surface area (Å²) < 4.78 is 78.3. The van der Waals surface area contributed by atoms with E-state index in [9.17, 15) is 31.1 Å². The summed E-state index contributed by atoms with van der Waals surface area (Å²) in [5.74, 6) is -1.17. The Balaban J connectivity index is 2.16. The molecule has 0 unspecified atom stereocenters. The zero-order chi connectivity index (χ0) is 22.1. The lowest BCUT2D eigenvalue weighted by Gasteiger charge is -2.13. The van der Waals surface area contributed by atoms with Crippen LogP contribution in [0.1, 0.15) is 16.7 Å². The molecule has 0 saturated carbocycles. The van der Waals surface area contributed by atoms with E-state index in [1.165, 1.54) is 42.5 Å². The number of hydrogen-bond acceptors (Lipinski definition) is 1. The Morgan fingerprint density at radius 1 is 0.667 bits per heavy atom. The second-order valence-corrected chi connectivity index (χ2v) is 6.65. The van der Waals surface area contributed by atoms with Gasteiger partial charge in [-0.2, -0.15) is 26.3 Å². The van der Waals surface area contributed by atoms with Crippen LogP contribution in [0.25, 0.3) is 22.3 Å². The van der Waals surface area contributed by atoms with Gasteiger partial charge >= 0.3 is 18.3 Å². The number of alkyl halides is 6. The maximum Gasteiger partial charge on any atom is 0.416 e. The van der Waals surface area contributed by atoms with Crippen LogP contribution in [0.5, 0.6) is 0 Å². The van der Waals surface area contributed by atoms with Crippen molar-refractivity contribution in [2.75, 3.05) is 0 Å². The molecule has 0 aliphatic rings. The molecule has 0 saturated heterocycles. The summed E-state index contributed by atoms with van der Waals surface area (Å²) in [5, 5.41) is 9.09. The topological polar surface area (TPSA) is 37.3 Å². The Hall–Kier alpha value is -3.29. The highest BCUT2D eigenvalue weighted by Crippen LogP contribution is 2.36. The average Bonchev–Trinajstić information content (AvgIpc) is 2.66. The van der Waals surface area contributed by atoms with Crippen LogP contribution in [-0.2, 0) is 23.6 Å². The molecule has 156 valence electrons. The number of aliphatic carboxylic acids is 1. The average molecular weight is 424 g/mol. The monoisotopic (exact) mass is 424 g/mol. The van der Waals surface area contributed by atoms with Gasteiger partial charge in [-0.1, -0.05) is 36.4 Å². The van der Waals surface area contributed by atoms with Crippen molar-refractivity contribution >= 4 is 5.97 Å². The van der Waals surface area contributed by atoms with E-state index in [0.29, 0.717) is 0 Å². The first-order valence-corrected chi connectivity index (χ1v) is 8.64. The number of carboxylic acid groups (broad SMARTS) is 1. The van der Waals surface area contributed by atoms with Crippen LogP contribution in [0.4, 0.5) is 26.3 Å². The van der Waals surface area contributed by atoms with Gasteiger partial charge in [0.05, 0.1) is 17.5 Å². The number of carbonyl (C=O) groups is 1. The molecule has 8 heteroatoms. The van der Waals surface area contributed by atoms with E-state index in [1.807, 2.05) is 0 Å². The molecule has 0 bridgehead atoms. The molecule has 0 spiro atoms. The molecule has 3 aromatic rings. The molecule has 2 nitrogen and oxygen atoms in total. The fourth-order valence-electron chi connectivity index (χ4n) is 3.05. The molecule has 0 heterocycles. The lowest BCUT2D eigenvalue weighted by atomic mass is 9.93. The van der Waals surface area contributed by atoms with Crippen LogP contribution < -0.4 is 0 Å². The predicted octanol–water partition coefficient (Wildman–Crippen LogP) is 6.69. The zero-order valence-corrected chi connectivity index (χ0v) is 15.2. The van der Waals surface area contributed by atoms with Gasteiger partial charge in [0.1, 0.15) is 0 Å². The Bertz CT molecular complexity index is 1010. The van der Waals surface area contributed by atoms with Crippen LogP contribution in [0.2, 0.25) is 0 Å². The van der Waals surface area contributed by atoms with Crippen molar-refractivity contribution in [3.05, 3.63) is 83.4 Å². The quantitative estimate of drug-likeness (QED) is 0.474. The summed E-state index contributed by atoms with van der Waals surface area (Å²) in [6.07, 6.45) is -9.57. The lowest BCUT2D eigenvalue weighted by molar-refractivity contribution is -0.138. The van der Waals surface area contributed by atoms with E-state index >= 15 is 0 Å². The number of benzene rings is 3. The molecule has 30 heavy (non-hydrogen) atoms. The minimum Gasteiger partial charge on any atom is -0.481 e. The largest absolute Gasteiger partial charge is 0.481 e. The van der Waals surface area contributed by atoms with Crippen LogP contribution in [0.3, 0.4) is 0 Å². The number of hydrogen-bond donors (Lipinski definition) is 1. The first-order valence-electron chi connectivity index (χ1n) is 8.64. The van der Waals surface area contributed by atoms with Crippen LogP contribution in [-0.4, -0.2) is 11.1 Å². The molecule has 3 rings (SSSR count). The molecule has 0 aromatic heterocycles. The third-order valence-corrected chi connectivity index (χ3v) is 4.39. The standard InChI is InChI=1S/C22H14F6O2/c23-21(24,25)18-5-1-3-14(11-18)16-7-13(9-20(29)30)8-17(10-16)15-4-2-6-19(12-15)22(26,27)28/h1-8,10-12H,9H2,(H,29,30). The number of halogens is 6. The van der Waals surface area contributed by atoms with Gasteiger partial charge in [0.2, 0.25) is 0 Å². The molecular formula is C22H14F6O2. The number of rotatable bonds is 4. The fourth-order valence-corrected chi connectivity index (χ4v) is 3.05. The van der Waals surface area contributed by atoms with E-state index in [0.717, 1.165) is 24.3 Å². The van der Waals surface area contributed by atoms with Crippen molar-refractivity contribution in [2.45, 2.75) is 18.8 Å². The Kier molecular flexibility index (Phi) is 5.61. The van der Waals surface area contributed by atoms with Gasteiger partial charge in [-0.05, 0) is 58.1 Å². The SMILES string of the molecule is O=C(O)Cc1cc(-c2cccc(C(F)(F)F)c2)cc(-c2cccc(C(F)(F)F)c2)c1. The fraction of sp³-hybridized carbons (Fsp3) is 0.136. The Labute approximate surface area is 167 Å². The summed E-state index contributed by atoms with van der Waals surface area (Å²) in [5.41, 5.74) is -0.631. The van der Waals surface area contributed by atoms with Gasteiger partial charge in [-0.25, -0.2) is 0 Å². The van der Waals surface area contributed by atoms with Crippen molar-refractivity contribution < 1.29 is 36.2 Å². The maximum absolute atomic E-state index is 13.1. The zero-order valence-electron chi connectivity index (χ0n) is 15.2. The van der Waals surface area contributed by atoms with E-state index < -0.39 is 35.9 Å². The highest BCUT2D eigenvalue weighted by Gasteiger charge is 2.31. The van der Waals surface area contributed by atoms with Crippen molar-refractivity contribution in [3.8, 4) is 22.3 Å². The van der Waals surface area contributed by atoms with Crippen molar-refractivity contribution in [3.63, 3.8) is 0 Å². The summed E-state index contributed by atoms with van der Waals surface area (Å²) >= 11 is 0. The Morgan fingerprint density at radius 3 is 1.47 bits per heavy atom. The summed E-state index contributed by atoms with van der Waals surface area (Å²) in [4.78, 5) is 11.1. The van der Waals surface area contributed by atoms with Crippen LogP contribution >= 0.6 is 0 Å². The molecule has 0 amide bonds. The van der Waals surface area contributed by atoms with Gasteiger partial charge in [0.25, 0.3) is 0 Å². The maximum atomic E-state index is 13.1. The van der Waals surface area contributed by atoms with Gasteiger partial charge in [0.15, 0.2) is 0 Å². The predicted molar refractivity (Wildman–Crippen MR) is 98.7 cm³/mol. The smallest absolute Gasteiger partial charge is 0.416 e. The summed E-state index contributed by atoms with van der Waals surface area (Å²) in [7, 11) is 0. The molecule has 0 fully saturated rings. The van der Waals surface area contributed by atoms with E-state index in [4.69, 9.17) is 5.11 Å². The van der Waals surface area contributed by atoms with Crippen molar-refractivity contribution in [2.24, 2.45) is 0 Å². The molecule has 0 atom stereocenters. The van der Waals surface area contributed by atoms with Gasteiger partial charge < -0.3 is 5.11 Å². The summed E-state index contributed by atoms with van der Waals surface area (Å²) in [6, 6.07) is 13.2. The minimum absolute atomic E-state index is 0.172. The molecule has 3 aromatic carbocycles. The van der Waals surface area contributed by atoms with E-state index in [1.54, 1.807) is 0 Å². The van der Waals surface area contributed by atoms with Crippen molar-refractivity contribution in [1.82, 2.24) is 0 Å². The number of carboxylic acids is 1. The first kappa shape index (κ1) is 21.4. The van der Waals surface area contributed by atoms with E-state index in [2.05, 4.69) is 0 Å². The second-order valence-electron chi connectivity index (χ2n) is 6.65. The van der Waals surface area contributed by atoms with E-state index in [-0.39, 0.29) is 27.8 Å². The summed E-state index contributed by atoms with van der Waals surface area (Å²) in [6.45, 7) is 0. The molecule has 1 N–H and O–H groups in total. The first-order chi connectivity index (χ1) is 13.9. The lowest BCUT2D eigenvalue weighted by Crippen LogP contribution is -2.05. The molecule has 0 aliphatic carbocycles. The highest BCUT2D eigenvalue weighted by molar-refractivity contribution is 5.78. The third kappa shape index (κ3) is 5.00. The molecule has 0 aliphatic heterocycles. The molecule has 0 radical (unpaired) electrons.